The number of aromatic carboxylic acids is 1. The van der Waals surface area contributed by atoms with Crippen LogP contribution in [0.25, 0.3) is 0 Å². The van der Waals surface area contributed by atoms with E-state index >= 15 is 0 Å². The summed E-state index contributed by atoms with van der Waals surface area (Å²) in [5.41, 5.74) is 0.749. The second-order valence-corrected chi connectivity index (χ2v) is 5.52. The lowest BCUT2D eigenvalue weighted by Gasteiger charge is -2.32. The molecule has 1 N–H and O–H groups in total. The Labute approximate surface area is 121 Å². The van der Waals surface area contributed by atoms with E-state index in [1.54, 1.807) is 6.92 Å². The van der Waals surface area contributed by atoms with E-state index in [-0.39, 0.29) is 5.69 Å². The Hall–Kier alpha value is -1.65. The van der Waals surface area contributed by atoms with E-state index in [0.29, 0.717) is 23.6 Å². The van der Waals surface area contributed by atoms with Gasteiger partial charge in [-0.25, -0.2) is 14.8 Å². The molecular formula is C15H25N3O2. The van der Waals surface area contributed by atoms with Crippen LogP contribution in [0.15, 0.2) is 6.07 Å². The number of carboxylic acid groups (broad SMARTS) is 1. The van der Waals surface area contributed by atoms with Crippen molar-refractivity contribution < 1.29 is 9.90 Å². The normalized spacial score (nSPS) is 11.2. The molecule has 0 saturated carbocycles. The number of nitrogens with zero attached hydrogens (tertiary/aromatic N) is 3. The maximum Gasteiger partial charge on any atom is 0.354 e. The third kappa shape index (κ3) is 4.18. The topological polar surface area (TPSA) is 66.3 Å². The quantitative estimate of drug-likeness (QED) is 0.830. The molecule has 5 heteroatoms. The predicted molar refractivity (Wildman–Crippen MR) is 80.3 cm³/mol. The molecule has 1 aromatic rings. The molecule has 0 saturated heterocycles. The van der Waals surface area contributed by atoms with Crippen LogP contribution in [0.2, 0.25) is 0 Å². The maximum atomic E-state index is 11.2. The molecule has 1 rings (SSSR count). The minimum atomic E-state index is -1.01. The molecule has 0 aliphatic heterocycles. The number of rotatable bonds is 7. The third-order valence-corrected chi connectivity index (χ3v) is 3.26. The molecule has 20 heavy (non-hydrogen) atoms. The Bertz CT molecular complexity index is 456. The Morgan fingerprint density at radius 3 is 2.35 bits per heavy atom. The number of hydrogen-bond donors (Lipinski definition) is 1. The lowest BCUT2D eigenvalue weighted by molar-refractivity contribution is 0.0690. The number of aromatic nitrogens is 2. The van der Waals surface area contributed by atoms with E-state index in [1.165, 1.54) is 6.07 Å². The minimum Gasteiger partial charge on any atom is -0.477 e. The van der Waals surface area contributed by atoms with E-state index in [1.807, 2.05) is 0 Å². The van der Waals surface area contributed by atoms with Gasteiger partial charge < -0.3 is 10.0 Å². The van der Waals surface area contributed by atoms with Gasteiger partial charge in [-0.15, -0.1) is 0 Å². The average molecular weight is 279 g/mol. The van der Waals surface area contributed by atoms with E-state index in [9.17, 15) is 4.79 Å². The molecule has 0 atom stereocenters. The number of aryl methyl sites for hydroxylation is 1. The predicted octanol–water partition coefficient (Wildman–Crippen LogP) is 3.13. The van der Waals surface area contributed by atoms with Gasteiger partial charge >= 0.3 is 5.97 Å². The largest absolute Gasteiger partial charge is 0.477 e. The first-order valence-electron chi connectivity index (χ1n) is 7.24. The summed E-state index contributed by atoms with van der Waals surface area (Å²) in [4.78, 5) is 21.9. The minimum absolute atomic E-state index is 0.0622. The summed E-state index contributed by atoms with van der Waals surface area (Å²) >= 11 is 0. The summed E-state index contributed by atoms with van der Waals surface area (Å²) in [6.07, 6.45) is 1.98. The molecule has 0 amide bonds. The van der Waals surface area contributed by atoms with Crippen molar-refractivity contribution in [3.63, 3.8) is 0 Å². The molecule has 0 aromatic carbocycles. The Morgan fingerprint density at radius 1 is 1.30 bits per heavy atom. The van der Waals surface area contributed by atoms with Gasteiger partial charge in [-0.1, -0.05) is 27.7 Å². The standard InChI is InChI=1S/C15H25N3O2/c1-6-12(7-2)18(9-10(3)4)15-16-11(5)8-13(17-15)14(19)20/h8,10,12H,6-7,9H2,1-5H3,(H,19,20). The van der Waals surface area contributed by atoms with Crippen LogP contribution in [0.1, 0.15) is 56.7 Å². The van der Waals surface area contributed by atoms with Crippen LogP contribution in [0.5, 0.6) is 0 Å². The Morgan fingerprint density at radius 2 is 1.90 bits per heavy atom. The lowest BCUT2D eigenvalue weighted by Crippen LogP contribution is -2.39. The van der Waals surface area contributed by atoms with Gasteiger partial charge in [-0.05, 0) is 31.7 Å². The average Bonchev–Trinajstić information content (AvgIpc) is 2.37. The van der Waals surface area contributed by atoms with Gasteiger partial charge in [0.05, 0.1) is 0 Å². The summed E-state index contributed by atoms with van der Waals surface area (Å²) in [7, 11) is 0. The monoisotopic (exact) mass is 279 g/mol. The zero-order valence-corrected chi connectivity index (χ0v) is 13.1. The van der Waals surface area contributed by atoms with Crippen LogP contribution < -0.4 is 4.90 Å². The van der Waals surface area contributed by atoms with E-state index in [4.69, 9.17) is 5.11 Å². The smallest absolute Gasteiger partial charge is 0.354 e. The summed E-state index contributed by atoms with van der Waals surface area (Å²) in [6.45, 7) is 11.2. The fraction of sp³-hybridized carbons (Fsp3) is 0.667. The number of carbonyl (C=O) groups is 1. The SMILES string of the molecule is CCC(CC)N(CC(C)C)c1nc(C)cc(C(=O)O)n1. The fourth-order valence-corrected chi connectivity index (χ4v) is 2.31. The van der Waals surface area contributed by atoms with Crippen molar-refractivity contribution in [2.24, 2.45) is 5.92 Å². The van der Waals surface area contributed by atoms with Crippen LogP contribution in [0, 0.1) is 12.8 Å². The van der Waals surface area contributed by atoms with Crippen LogP contribution >= 0.6 is 0 Å². The highest BCUT2D eigenvalue weighted by Crippen LogP contribution is 2.19. The van der Waals surface area contributed by atoms with Crippen molar-refractivity contribution in [2.45, 2.75) is 53.5 Å². The summed E-state index contributed by atoms with van der Waals surface area (Å²) in [5, 5.41) is 9.14. The molecule has 112 valence electrons. The molecule has 0 bridgehead atoms. The second kappa shape index (κ2) is 7.22. The molecule has 0 spiro atoms. The highest BCUT2D eigenvalue weighted by atomic mass is 16.4. The van der Waals surface area contributed by atoms with Crippen molar-refractivity contribution in [3.05, 3.63) is 17.5 Å². The van der Waals surface area contributed by atoms with Gasteiger partial charge in [0.25, 0.3) is 0 Å². The zero-order valence-electron chi connectivity index (χ0n) is 13.1. The fourth-order valence-electron chi connectivity index (χ4n) is 2.31. The maximum absolute atomic E-state index is 11.2. The number of carboxylic acids is 1. The van der Waals surface area contributed by atoms with Crippen LogP contribution in [0.3, 0.4) is 0 Å². The first-order valence-corrected chi connectivity index (χ1v) is 7.24. The van der Waals surface area contributed by atoms with Gasteiger partial charge in [0, 0.05) is 18.3 Å². The van der Waals surface area contributed by atoms with Crippen molar-refractivity contribution in [1.29, 1.82) is 0 Å². The van der Waals surface area contributed by atoms with Crippen LogP contribution in [0.4, 0.5) is 5.95 Å². The van der Waals surface area contributed by atoms with Crippen LogP contribution in [-0.2, 0) is 0 Å². The van der Waals surface area contributed by atoms with Crippen molar-refractivity contribution in [3.8, 4) is 0 Å². The molecular weight excluding hydrogens is 254 g/mol. The Balaban J connectivity index is 3.21. The Kier molecular flexibility index (Phi) is 5.92. The summed E-state index contributed by atoms with van der Waals surface area (Å²) in [5.74, 6) is -0.0106. The first kappa shape index (κ1) is 16.4. The molecule has 0 fully saturated rings. The van der Waals surface area contributed by atoms with Crippen molar-refractivity contribution in [1.82, 2.24) is 9.97 Å². The molecule has 0 radical (unpaired) electrons. The van der Waals surface area contributed by atoms with Gasteiger partial charge in [-0.3, -0.25) is 0 Å². The van der Waals surface area contributed by atoms with Gasteiger partial charge in [0.15, 0.2) is 5.69 Å². The highest BCUT2D eigenvalue weighted by molar-refractivity contribution is 5.85. The molecule has 0 aliphatic rings. The van der Waals surface area contributed by atoms with Gasteiger partial charge in [0.2, 0.25) is 5.95 Å². The van der Waals surface area contributed by atoms with E-state index in [2.05, 4.69) is 42.6 Å². The van der Waals surface area contributed by atoms with Crippen molar-refractivity contribution in [2.75, 3.05) is 11.4 Å². The summed E-state index contributed by atoms with van der Waals surface area (Å²) < 4.78 is 0. The van der Waals surface area contributed by atoms with Gasteiger partial charge in [-0.2, -0.15) is 0 Å². The van der Waals surface area contributed by atoms with Crippen LogP contribution in [-0.4, -0.2) is 33.6 Å². The molecule has 5 nitrogen and oxygen atoms in total. The molecule has 1 heterocycles. The van der Waals surface area contributed by atoms with Crippen molar-refractivity contribution >= 4 is 11.9 Å². The second-order valence-electron chi connectivity index (χ2n) is 5.52. The highest BCUT2D eigenvalue weighted by Gasteiger charge is 2.21. The van der Waals surface area contributed by atoms with E-state index in [0.717, 1.165) is 19.4 Å². The third-order valence-electron chi connectivity index (χ3n) is 3.26. The number of hydrogen-bond acceptors (Lipinski definition) is 4. The molecule has 1 aromatic heterocycles. The molecule has 0 unspecified atom stereocenters. The first-order chi connectivity index (χ1) is 9.38. The lowest BCUT2D eigenvalue weighted by atomic mass is 10.1. The zero-order chi connectivity index (χ0) is 15.3. The van der Waals surface area contributed by atoms with Gasteiger partial charge in [0.1, 0.15) is 0 Å². The van der Waals surface area contributed by atoms with E-state index < -0.39 is 5.97 Å². The number of anilines is 1. The molecule has 0 aliphatic carbocycles. The summed E-state index contributed by atoms with van der Waals surface area (Å²) in [6, 6.07) is 1.84.